The van der Waals surface area contributed by atoms with Gasteiger partial charge in [-0.15, -0.1) is 0 Å². The molecule has 1 N–H and O–H groups in total. The Balaban J connectivity index is 1.65. The highest BCUT2D eigenvalue weighted by Gasteiger charge is 2.13. The maximum absolute atomic E-state index is 12.1. The number of rotatable bonds is 9. The molecule has 3 aromatic rings. The summed E-state index contributed by atoms with van der Waals surface area (Å²) >= 11 is 9.84. The smallest absolute Gasteiger partial charge is 0.244 e. The van der Waals surface area contributed by atoms with Gasteiger partial charge in [-0.2, -0.15) is 5.10 Å². The minimum atomic E-state index is -0.210. The lowest BCUT2D eigenvalue weighted by atomic mass is 10.1. The number of amides is 1. The van der Waals surface area contributed by atoms with Crippen molar-refractivity contribution in [2.24, 2.45) is 5.10 Å². The Labute approximate surface area is 201 Å². The minimum Gasteiger partial charge on any atom is -0.490 e. The Morgan fingerprint density at radius 1 is 1.06 bits per heavy atom. The Morgan fingerprint density at radius 2 is 1.75 bits per heavy atom. The zero-order valence-electron chi connectivity index (χ0n) is 17.9. The van der Waals surface area contributed by atoms with Gasteiger partial charge in [0.25, 0.3) is 0 Å². The van der Waals surface area contributed by atoms with Crippen molar-refractivity contribution in [1.82, 2.24) is 5.43 Å². The molecule has 166 valence electrons. The van der Waals surface area contributed by atoms with Gasteiger partial charge < -0.3 is 9.47 Å². The average molecular weight is 516 g/mol. The largest absolute Gasteiger partial charge is 0.490 e. The number of carbonyl (C=O) groups is 1. The van der Waals surface area contributed by atoms with Crippen molar-refractivity contribution < 1.29 is 14.3 Å². The van der Waals surface area contributed by atoms with Crippen molar-refractivity contribution >= 4 is 39.7 Å². The van der Waals surface area contributed by atoms with Gasteiger partial charge in [-0.3, -0.25) is 4.79 Å². The topological polar surface area (TPSA) is 59.9 Å². The van der Waals surface area contributed by atoms with Gasteiger partial charge in [0.05, 0.1) is 24.3 Å². The third kappa shape index (κ3) is 7.11. The van der Waals surface area contributed by atoms with Crippen LogP contribution in [0.25, 0.3) is 0 Å². The monoisotopic (exact) mass is 514 g/mol. The number of nitrogens with one attached hydrogen (secondary N) is 1. The van der Waals surface area contributed by atoms with Crippen molar-refractivity contribution in [3.8, 4) is 11.5 Å². The van der Waals surface area contributed by atoms with Crippen molar-refractivity contribution in [2.75, 3.05) is 6.61 Å². The van der Waals surface area contributed by atoms with E-state index in [1.807, 2.05) is 62.4 Å². The number of hydrogen-bond donors (Lipinski definition) is 1. The van der Waals surface area contributed by atoms with Crippen LogP contribution in [0.4, 0.5) is 0 Å². The highest BCUT2D eigenvalue weighted by Crippen LogP contribution is 2.37. The molecule has 32 heavy (non-hydrogen) atoms. The third-order valence-electron chi connectivity index (χ3n) is 4.52. The molecule has 0 atom stereocenters. The summed E-state index contributed by atoms with van der Waals surface area (Å²) in [6, 6.07) is 19.2. The lowest BCUT2D eigenvalue weighted by molar-refractivity contribution is -0.120. The number of hydrazone groups is 1. The van der Waals surface area contributed by atoms with Crippen molar-refractivity contribution in [3.05, 3.63) is 92.4 Å². The lowest BCUT2D eigenvalue weighted by Gasteiger charge is -2.14. The Bertz CT molecular complexity index is 1080. The Morgan fingerprint density at radius 3 is 2.44 bits per heavy atom. The minimum absolute atomic E-state index is 0.210. The molecule has 0 bridgehead atoms. The second-order valence-corrected chi connectivity index (χ2v) is 8.46. The van der Waals surface area contributed by atoms with Crippen LogP contribution in [-0.4, -0.2) is 18.7 Å². The van der Waals surface area contributed by atoms with Crippen LogP contribution in [0, 0.1) is 6.92 Å². The summed E-state index contributed by atoms with van der Waals surface area (Å²) in [4.78, 5) is 12.1. The van der Waals surface area contributed by atoms with Gasteiger partial charge in [-0.05, 0) is 54.8 Å². The summed E-state index contributed by atoms with van der Waals surface area (Å²) in [6.07, 6.45) is 1.76. The van der Waals surface area contributed by atoms with E-state index < -0.39 is 0 Å². The summed E-state index contributed by atoms with van der Waals surface area (Å²) in [5.74, 6) is 0.790. The van der Waals surface area contributed by atoms with Gasteiger partial charge in [-0.1, -0.05) is 69.5 Å². The van der Waals surface area contributed by atoms with E-state index in [-0.39, 0.29) is 12.3 Å². The van der Waals surface area contributed by atoms with E-state index in [9.17, 15) is 4.79 Å². The number of aryl methyl sites for hydroxylation is 1. The first-order valence-corrected chi connectivity index (χ1v) is 11.3. The van der Waals surface area contributed by atoms with Crippen LogP contribution in [0.5, 0.6) is 11.5 Å². The van der Waals surface area contributed by atoms with Crippen LogP contribution in [0.1, 0.15) is 29.2 Å². The summed E-state index contributed by atoms with van der Waals surface area (Å²) in [7, 11) is 0. The maximum Gasteiger partial charge on any atom is 0.244 e. The van der Waals surface area contributed by atoms with Crippen LogP contribution in [0.2, 0.25) is 5.02 Å². The Kier molecular flexibility index (Phi) is 8.71. The molecule has 0 radical (unpaired) electrons. The average Bonchev–Trinajstić information content (AvgIpc) is 2.76. The van der Waals surface area contributed by atoms with Crippen molar-refractivity contribution in [2.45, 2.75) is 26.9 Å². The third-order valence-corrected chi connectivity index (χ3v) is 5.33. The fourth-order valence-corrected chi connectivity index (χ4v) is 3.45. The summed E-state index contributed by atoms with van der Waals surface area (Å²) < 4.78 is 12.6. The first-order chi connectivity index (χ1) is 15.4. The summed E-state index contributed by atoms with van der Waals surface area (Å²) in [6.45, 7) is 4.76. The summed E-state index contributed by atoms with van der Waals surface area (Å²) in [5, 5.41) is 4.45. The molecule has 0 spiro atoms. The maximum atomic E-state index is 12.1. The van der Waals surface area contributed by atoms with Crippen LogP contribution >= 0.6 is 27.5 Å². The first kappa shape index (κ1) is 23.8. The Hall–Kier alpha value is -2.83. The van der Waals surface area contributed by atoms with Crippen molar-refractivity contribution in [3.63, 3.8) is 0 Å². The molecule has 0 aromatic heterocycles. The van der Waals surface area contributed by atoms with E-state index in [2.05, 4.69) is 26.5 Å². The standard InChI is InChI=1S/C25H24BrClN2O3/c1-3-31-23-13-20(15-28-29-24(30)14-18-8-10-21(26)11-9-18)12-22(27)25(23)32-16-19-6-4-17(2)5-7-19/h4-13,15H,3,14,16H2,1-2H3,(H,29,30)/b28-15-. The molecule has 0 aliphatic carbocycles. The van der Waals surface area contributed by atoms with Crippen LogP contribution in [0.15, 0.2) is 70.2 Å². The molecule has 7 heteroatoms. The molecular formula is C25H24BrClN2O3. The second-order valence-electron chi connectivity index (χ2n) is 7.13. The highest BCUT2D eigenvalue weighted by molar-refractivity contribution is 9.10. The normalized spacial score (nSPS) is 10.9. The van der Waals surface area contributed by atoms with Crippen LogP contribution in [0.3, 0.4) is 0 Å². The number of hydrogen-bond acceptors (Lipinski definition) is 4. The number of benzene rings is 3. The number of nitrogens with zero attached hydrogens (tertiary/aromatic N) is 1. The molecule has 3 aromatic carbocycles. The molecule has 5 nitrogen and oxygen atoms in total. The van der Waals surface area contributed by atoms with Crippen LogP contribution < -0.4 is 14.9 Å². The first-order valence-electron chi connectivity index (χ1n) is 10.2. The lowest BCUT2D eigenvalue weighted by Crippen LogP contribution is -2.19. The number of halogens is 2. The van der Waals surface area contributed by atoms with E-state index in [0.717, 1.165) is 15.6 Å². The van der Waals surface area contributed by atoms with Gasteiger partial charge in [0, 0.05) is 4.47 Å². The quantitative estimate of drug-likeness (QED) is 0.277. The van der Waals surface area contributed by atoms with Gasteiger partial charge in [0.15, 0.2) is 11.5 Å². The summed E-state index contributed by atoms with van der Waals surface area (Å²) in [5.41, 5.74) is 6.35. The molecule has 0 unspecified atom stereocenters. The second kappa shape index (κ2) is 11.7. The predicted molar refractivity (Wildman–Crippen MR) is 132 cm³/mol. The molecule has 0 saturated carbocycles. The molecule has 3 rings (SSSR count). The van der Waals surface area contributed by atoms with Gasteiger partial charge in [-0.25, -0.2) is 5.43 Å². The molecule has 0 fully saturated rings. The van der Waals surface area contributed by atoms with E-state index >= 15 is 0 Å². The highest BCUT2D eigenvalue weighted by atomic mass is 79.9. The molecule has 0 aliphatic rings. The zero-order valence-corrected chi connectivity index (χ0v) is 20.2. The fourth-order valence-electron chi connectivity index (χ4n) is 2.91. The molecule has 0 heterocycles. The molecule has 0 aliphatic heterocycles. The SMILES string of the molecule is CCOc1cc(/C=N\NC(=O)Cc2ccc(Br)cc2)cc(Cl)c1OCc1ccc(C)cc1. The van der Waals surface area contributed by atoms with E-state index in [1.54, 1.807) is 12.1 Å². The van der Waals surface area contributed by atoms with Crippen LogP contribution in [-0.2, 0) is 17.8 Å². The number of ether oxygens (including phenoxy) is 2. The number of carbonyl (C=O) groups excluding carboxylic acids is 1. The van der Waals surface area contributed by atoms with E-state index in [0.29, 0.717) is 35.3 Å². The molecular weight excluding hydrogens is 492 g/mol. The van der Waals surface area contributed by atoms with E-state index in [1.165, 1.54) is 11.8 Å². The van der Waals surface area contributed by atoms with Gasteiger partial charge in [0.2, 0.25) is 5.91 Å². The molecule has 0 saturated heterocycles. The molecule has 1 amide bonds. The van der Waals surface area contributed by atoms with Gasteiger partial charge >= 0.3 is 0 Å². The zero-order chi connectivity index (χ0) is 22.9. The van der Waals surface area contributed by atoms with Crippen molar-refractivity contribution in [1.29, 1.82) is 0 Å². The fraction of sp³-hybridized carbons (Fsp3) is 0.200. The predicted octanol–water partition coefficient (Wildman–Crippen LogP) is 6.08. The van der Waals surface area contributed by atoms with Gasteiger partial charge in [0.1, 0.15) is 6.61 Å². The van der Waals surface area contributed by atoms with E-state index in [4.69, 9.17) is 21.1 Å².